The number of rotatable bonds is 3. The molecule has 1 heterocycles. The zero-order valence-corrected chi connectivity index (χ0v) is 11.5. The molecule has 1 aromatic heterocycles. The Labute approximate surface area is 120 Å². The third kappa shape index (κ3) is 2.81. The van der Waals surface area contributed by atoms with E-state index < -0.39 is 22.1 Å². The normalized spacial score (nSPS) is 10.2. The van der Waals surface area contributed by atoms with E-state index in [1.165, 1.54) is 19.0 Å². The summed E-state index contributed by atoms with van der Waals surface area (Å²) >= 11 is 0. The van der Waals surface area contributed by atoms with Crippen molar-refractivity contribution in [2.45, 2.75) is 0 Å². The first-order chi connectivity index (χ1) is 9.91. The second-order valence-electron chi connectivity index (χ2n) is 4.60. The molecule has 2 aromatic rings. The number of hydrogen-bond acceptors (Lipinski definition) is 4. The summed E-state index contributed by atoms with van der Waals surface area (Å²) in [6.45, 7) is 0. The largest absolute Gasteiger partial charge is 0.345 e. The lowest BCUT2D eigenvalue weighted by Gasteiger charge is -2.13. The third-order valence-electron chi connectivity index (χ3n) is 2.92. The Morgan fingerprint density at radius 3 is 2.38 bits per heavy atom. The molecule has 1 amide bonds. The van der Waals surface area contributed by atoms with Crippen LogP contribution in [0, 0.1) is 10.1 Å². The van der Waals surface area contributed by atoms with Gasteiger partial charge in [0.15, 0.2) is 0 Å². The lowest BCUT2D eigenvalue weighted by atomic mass is 10.0. The number of benzene rings is 1. The van der Waals surface area contributed by atoms with Gasteiger partial charge >= 0.3 is 11.2 Å². The summed E-state index contributed by atoms with van der Waals surface area (Å²) in [5.74, 6) is -0.423. The minimum Gasteiger partial charge on any atom is -0.345 e. The lowest BCUT2D eigenvalue weighted by Crippen LogP contribution is -2.25. The van der Waals surface area contributed by atoms with Crippen LogP contribution in [0.25, 0.3) is 11.3 Å². The molecule has 21 heavy (non-hydrogen) atoms. The fourth-order valence-electron chi connectivity index (χ4n) is 1.90. The molecular weight excluding hydrogens is 274 g/mol. The van der Waals surface area contributed by atoms with Crippen molar-refractivity contribution < 1.29 is 9.72 Å². The van der Waals surface area contributed by atoms with E-state index in [1.807, 2.05) is 0 Å². The topological polar surface area (TPSA) is 96.3 Å². The van der Waals surface area contributed by atoms with Gasteiger partial charge in [-0.15, -0.1) is 0 Å². The number of pyridine rings is 1. The van der Waals surface area contributed by atoms with E-state index in [2.05, 4.69) is 4.98 Å². The summed E-state index contributed by atoms with van der Waals surface area (Å²) in [5, 5.41) is 10.9. The number of hydrogen-bond donors (Lipinski definition) is 1. The van der Waals surface area contributed by atoms with Gasteiger partial charge in [-0.05, 0) is 5.56 Å². The SMILES string of the molecule is CN(C)C(=O)c1cc([N+](=O)[O-])c(=O)[nH]c1-c1ccccc1. The van der Waals surface area contributed by atoms with E-state index in [0.717, 1.165) is 6.07 Å². The number of H-pyrrole nitrogens is 1. The molecule has 0 fully saturated rings. The molecule has 0 saturated carbocycles. The average molecular weight is 287 g/mol. The molecule has 2 rings (SSSR count). The van der Waals surface area contributed by atoms with Crippen molar-refractivity contribution in [2.24, 2.45) is 0 Å². The standard InChI is InChI=1S/C14H13N3O4/c1-16(2)14(19)10-8-11(17(20)21)13(18)15-12(10)9-6-4-3-5-7-9/h3-8H,1-2H3,(H,15,18). The highest BCUT2D eigenvalue weighted by Gasteiger charge is 2.22. The zero-order chi connectivity index (χ0) is 15.6. The summed E-state index contributed by atoms with van der Waals surface area (Å²) in [6, 6.07) is 9.73. The van der Waals surface area contributed by atoms with Crippen LogP contribution in [-0.2, 0) is 0 Å². The molecule has 0 aliphatic heterocycles. The Morgan fingerprint density at radius 1 is 1.24 bits per heavy atom. The van der Waals surface area contributed by atoms with Crippen molar-refractivity contribution in [1.29, 1.82) is 0 Å². The van der Waals surface area contributed by atoms with Gasteiger partial charge in [0.05, 0.1) is 16.2 Å². The van der Waals surface area contributed by atoms with Gasteiger partial charge in [-0.25, -0.2) is 0 Å². The monoisotopic (exact) mass is 287 g/mol. The maximum absolute atomic E-state index is 12.2. The maximum Gasteiger partial charge on any atom is 0.334 e. The van der Waals surface area contributed by atoms with E-state index >= 15 is 0 Å². The van der Waals surface area contributed by atoms with Crippen LogP contribution in [0.15, 0.2) is 41.2 Å². The van der Waals surface area contributed by atoms with Gasteiger partial charge in [-0.1, -0.05) is 30.3 Å². The van der Waals surface area contributed by atoms with E-state index in [9.17, 15) is 19.7 Å². The predicted molar refractivity (Wildman–Crippen MR) is 77.2 cm³/mol. The number of amides is 1. The first-order valence-electron chi connectivity index (χ1n) is 6.10. The molecule has 0 saturated heterocycles. The molecule has 7 nitrogen and oxygen atoms in total. The predicted octanol–water partition coefficient (Wildman–Crippen LogP) is 1.65. The van der Waals surface area contributed by atoms with Crippen molar-refractivity contribution in [3.05, 3.63) is 62.4 Å². The molecule has 1 aromatic carbocycles. The fourth-order valence-corrected chi connectivity index (χ4v) is 1.90. The molecular formula is C14H13N3O4. The van der Waals surface area contributed by atoms with Crippen molar-refractivity contribution in [3.63, 3.8) is 0 Å². The Hall–Kier alpha value is -2.96. The van der Waals surface area contributed by atoms with E-state index in [0.29, 0.717) is 5.56 Å². The van der Waals surface area contributed by atoms with Crippen LogP contribution in [-0.4, -0.2) is 34.8 Å². The minimum atomic E-state index is -0.839. The van der Waals surface area contributed by atoms with Crippen LogP contribution in [0.2, 0.25) is 0 Å². The first kappa shape index (κ1) is 14.4. The molecule has 0 aliphatic rings. The van der Waals surface area contributed by atoms with Gasteiger partial charge in [0.1, 0.15) is 0 Å². The molecule has 7 heteroatoms. The van der Waals surface area contributed by atoms with Gasteiger partial charge in [0, 0.05) is 20.2 Å². The number of aromatic amines is 1. The highest BCUT2D eigenvalue weighted by atomic mass is 16.6. The number of nitrogens with one attached hydrogen (secondary N) is 1. The summed E-state index contributed by atoms with van der Waals surface area (Å²) in [6.07, 6.45) is 0. The zero-order valence-electron chi connectivity index (χ0n) is 11.5. The number of aromatic nitrogens is 1. The van der Waals surface area contributed by atoms with Crippen molar-refractivity contribution in [3.8, 4) is 11.3 Å². The number of carbonyl (C=O) groups excluding carboxylic acids is 1. The van der Waals surface area contributed by atoms with Gasteiger partial charge < -0.3 is 9.88 Å². The first-order valence-corrected chi connectivity index (χ1v) is 6.10. The van der Waals surface area contributed by atoms with Gasteiger partial charge in [0.2, 0.25) is 0 Å². The average Bonchev–Trinajstić information content (AvgIpc) is 2.46. The molecule has 0 atom stereocenters. The summed E-state index contributed by atoms with van der Waals surface area (Å²) in [5.41, 5.74) is -0.536. The fraction of sp³-hybridized carbons (Fsp3) is 0.143. The third-order valence-corrected chi connectivity index (χ3v) is 2.92. The molecule has 0 spiro atoms. The minimum absolute atomic E-state index is 0.0810. The number of carbonyl (C=O) groups is 1. The van der Waals surface area contributed by atoms with Gasteiger partial charge in [-0.3, -0.25) is 19.7 Å². The molecule has 0 radical (unpaired) electrons. The van der Waals surface area contributed by atoms with Crippen molar-refractivity contribution in [1.82, 2.24) is 9.88 Å². The van der Waals surface area contributed by atoms with Crippen LogP contribution < -0.4 is 5.56 Å². The lowest BCUT2D eigenvalue weighted by molar-refractivity contribution is -0.386. The molecule has 0 bridgehead atoms. The summed E-state index contributed by atoms with van der Waals surface area (Å²) in [7, 11) is 3.07. The Morgan fingerprint density at radius 2 is 1.86 bits per heavy atom. The second-order valence-corrected chi connectivity index (χ2v) is 4.60. The van der Waals surface area contributed by atoms with E-state index in [4.69, 9.17) is 0 Å². The summed E-state index contributed by atoms with van der Waals surface area (Å²) < 4.78 is 0. The molecule has 1 N–H and O–H groups in total. The van der Waals surface area contributed by atoms with Crippen molar-refractivity contribution in [2.75, 3.05) is 14.1 Å². The van der Waals surface area contributed by atoms with Crippen molar-refractivity contribution >= 4 is 11.6 Å². The van der Waals surface area contributed by atoms with E-state index in [1.54, 1.807) is 30.3 Å². The van der Waals surface area contributed by atoms with E-state index in [-0.39, 0.29) is 11.3 Å². The van der Waals surface area contributed by atoms with Crippen LogP contribution >= 0.6 is 0 Å². The van der Waals surface area contributed by atoms with Gasteiger partial charge in [0.25, 0.3) is 5.91 Å². The second kappa shape index (κ2) is 5.58. The highest BCUT2D eigenvalue weighted by molar-refractivity contribution is 6.00. The van der Waals surface area contributed by atoms with Crippen LogP contribution in [0.3, 0.4) is 0 Å². The smallest absolute Gasteiger partial charge is 0.334 e. The van der Waals surface area contributed by atoms with Crippen LogP contribution in [0.5, 0.6) is 0 Å². The molecule has 0 unspecified atom stereocenters. The van der Waals surface area contributed by atoms with Gasteiger partial charge in [-0.2, -0.15) is 0 Å². The molecule has 108 valence electrons. The highest BCUT2D eigenvalue weighted by Crippen LogP contribution is 2.23. The maximum atomic E-state index is 12.2. The number of nitro groups is 1. The quantitative estimate of drug-likeness (QED) is 0.685. The molecule has 0 aliphatic carbocycles. The summed E-state index contributed by atoms with van der Waals surface area (Å²) in [4.78, 5) is 37.8. The Kier molecular flexibility index (Phi) is 3.84. The van der Waals surface area contributed by atoms with Crippen LogP contribution in [0.1, 0.15) is 10.4 Å². The Balaban J connectivity index is 2.75. The van der Waals surface area contributed by atoms with Crippen LogP contribution in [0.4, 0.5) is 5.69 Å². The number of nitrogens with zero attached hydrogens (tertiary/aromatic N) is 2. The Bertz CT molecular complexity index is 751.